The maximum Gasteiger partial charge on any atom is 0.184 e. The fraction of sp³-hybridized carbons (Fsp3) is 0.636. The average molecular weight is 346 g/mol. The summed E-state index contributed by atoms with van der Waals surface area (Å²) in [7, 11) is 0. The van der Waals surface area contributed by atoms with Gasteiger partial charge in [0.25, 0.3) is 0 Å². The SMILES string of the molecule is CCCC/C=C/C=C/C=C\CCCCC(=O)CCC1=NC(C)(C)CO1. The molecule has 25 heavy (non-hydrogen) atoms. The largest absolute Gasteiger partial charge is 0.478 e. The summed E-state index contributed by atoms with van der Waals surface area (Å²) in [5.41, 5.74) is -0.121. The predicted molar refractivity (Wildman–Crippen MR) is 107 cm³/mol. The normalized spacial score (nSPS) is 16.8. The van der Waals surface area contributed by atoms with Crippen molar-refractivity contribution in [2.45, 2.75) is 84.1 Å². The quantitative estimate of drug-likeness (QED) is 0.305. The molecular formula is C22H35NO2. The van der Waals surface area contributed by atoms with E-state index in [1.807, 2.05) is 13.8 Å². The molecule has 0 aromatic carbocycles. The summed E-state index contributed by atoms with van der Waals surface area (Å²) < 4.78 is 5.51. The van der Waals surface area contributed by atoms with Gasteiger partial charge in [0.1, 0.15) is 12.4 Å². The minimum atomic E-state index is -0.121. The van der Waals surface area contributed by atoms with E-state index in [1.54, 1.807) is 0 Å². The monoisotopic (exact) mass is 345 g/mol. The standard InChI is InChI=1S/C22H35NO2/c1-4-5-6-7-8-9-10-11-12-13-14-15-16-20(24)17-18-21-23-22(2,3)19-25-21/h7-12H,4-6,13-19H2,1-3H3/b8-7+,10-9+,12-11-. The molecule has 0 saturated heterocycles. The Morgan fingerprint density at radius 1 is 1.04 bits per heavy atom. The van der Waals surface area contributed by atoms with Gasteiger partial charge in [0.05, 0.1) is 5.54 Å². The fourth-order valence-corrected chi connectivity index (χ4v) is 2.55. The molecule has 0 fully saturated rings. The first kappa shape index (κ1) is 21.4. The van der Waals surface area contributed by atoms with Gasteiger partial charge in [0, 0.05) is 19.3 Å². The van der Waals surface area contributed by atoms with Gasteiger partial charge in [-0.05, 0) is 39.5 Å². The minimum absolute atomic E-state index is 0.121. The fourth-order valence-electron chi connectivity index (χ4n) is 2.55. The van der Waals surface area contributed by atoms with Gasteiger partial charge in [-0.2, -0.15) is 0 Å². The second-order valence-corrected chi connectivity index (χ2v) is 7.27. The molecule has 0 unspecified atom stereocenters. The van der Waals surface area contributed by atoms with Crippen molar-refractivity contribution < 1.29 is 9.53 Å². The molecule has 0 saturated carbocycles. The smallest absolute Gasteiger partial charge is 0.184 e. The molecule has 0 aromatic heterocycles. The molecule has 1 rings (SSSR count). The highest BCUT2D eigenvalue weighted by atomic mass is 16.5. The number of ether oxygens (including phenoxy) is 1. The van der Waals surface area contributed by atoms with Gasteiger partial charge >= 0.3 is 0 Å². The molecule has 0 N–H and O–H groups in total. The van der Waals surface area contributed by atoms with Crippen LogP contribution in [-0.4, -0.2) is 23.8 Å². The maximum absolute atomic E-state index is 11.9. The first-order chi connectivity index (χ1) is 12.0. The number of unbranched alkanes of at least 4 members (excludes halogenated alkanes) is 4. The lowest BCUT2D eigenvalue weighted by molar-refractivity contribution is -0.119. The van der Waals surface area contributed by atoms with Crippen molar-refractivity contribution in [2.75, 3.05) is 6.61 Å². The average Bonchev–Trinajstić information content (AvgIpc) is 2.93. The Morgan fingerprint density at radius 3 is 2.32 bits per heavy atom. The van der Waals surface area contributed by atoms with E-state index < -0.39 is 0 Å². The zero-order valence-corrected chi connectivity index (χ0v) is 16.3. The second kappa shape index (κ2) is 12.7. The maximum atomic E-state index is 11.9. The zero-order chi connectivity index (χ0) is 18.4. The summed E-state index contributed by atoms with van der Waals surface area (Å²) in [5, 5.41) is 0. The van der Waals surface area contributed by atoms with Gasteiger partial charge in [-0.15, -0.1) is 0 Å². The first-order valence-corrected chi connectivity index (χ1v) is 9.75. The topological polar surface area (TPSA) is 38.7 Å². The lowest BCUT2D eigenvalue weighted by atomic mass is 10.1. The van der Waals surface area contributed by atoms with Crippen molar-refractivity contribution in [3.05, 3.63) is 36.5 Å². The lowest BCUT2D eigenvalue weighted by Gasteiger charge is -2.07. The van der Waals surface area contributed by atoms with E-state index >= 15 is 0 Å². The molecule has 0 amide bonds. The Morgan fingerprint density at radius 2 is 1.72 bits per heavy atom. The summed E-state index contributed by atoms with van der Waals surface area (Å²) in [5.74, 6) is 1.06. The van der Waals surface area contributed by atoms with E-state index in [9.17, 15) is 4.79 Å². The number of Topliss-reactive ketones (excluding diaryl/α,β-unsaturated/α-hetero) is 1. The highest BCUT2D eigenvalue weighted by Gasteiger charge is 2.25. The molecule has 0 radical (unpaired) electrons. The number of carbonyl (C=O) groups is 1. The number of nitrogens with zero attached hydrogens (tertiary/aromatic N) is 1. The first-order valence-electron chi connectivity index (χ1n) is 9.75. The number of hydrogen-bond acceptors (Lipinski definition) is 3. The van der Waals surface area contributed by atoms with E-state index in [0.29, 0.717) is 31.7 Å². The van der Waals surface area contributed by atoms with Crippen molar-refractivity contribution in [3.8, 4) is 0 Å². The Balaban J connectivity index is 2.00. The number of ketones is 1. The molecule has 0 aliphatic carbocycles. The second-order valence-electron chi connectivity index (χ2n) is 7.27. The van der Waals surface area contributed by atoms with Crippen LogP contribution in [0.2, 0.25) is 0 Å². The molecule has 0 atom stereocenters. The van der Waals surface area contributed by atoms with Crippen LogP contribution in [0.3, 0.4) is 0 Å². The minimum Gasteiger partial charge on any atom is -0.478 e. The van der Waals surface area contributed by atoms with Gasteiger partial charge in [0.2, 0.25) is 0 Å². The van der Waals surface area contributed by atoms with Crippen LogP contribution in [0.5, 0.6) is 0 Å². The lowest BCUT2D eigenvalue weighted by Crippen LogP contribution is -2.17. The molecular weight excluding hydrogens is 310 g/mol. The van der Waals surface area contributed by atoms with E-state index in [1.165, 1.54) is 12.8 Å². The summed E-state index contributed by atoms with van der Waals surface area (Å²) >= 11 is 0. The van der Waals surface area contributed by atoms with E-state index in [0.717, 1.165) is 31.6 Å². The van der Waals surface area contributed by atoms with Crippen LogP contribution in [0.4, 0.5) is 0 Å². The molecule has 3 heteroatoms. The van der Waals surface area contributed by atoms with Crippen molar-refractivity contribution in [2.24, 2.45) is 4.99 Å². The molecule has 1 aliphatic rings. The summed E-state index contributed by atoms with van der Waals surface area (Å²) in [6.07, 6.45) is 21.3. The van der Waals surface area contributed by atoms with Crippen molar-refractivity contribution in [1.29, 1.82) is 0 Å². The number of allylic oxidation sites excluding steroid dienone is 6. The van der Waals surface area contributed by atoms with Crippen LogP contribution in [-0.2, 0) is 9.53 Å². The Hall–Kier alpha value is -1.64. The number of hydrogen-bond donors (Lipinski definition) is 0. The van der Waals surface area contributed by atoms with Gasteiger partial charge in [-0.3, -0.25) is 4.79 Å². The molecule has 3 nitrogen and oxygen atoms in total. The molecule has 0 spiro atoms. The molecule has 1 heterocycles. The summed E-state index contributed by atoms with van der Waals surface area (Å²) in [6, 6.07) is 0. The molecule has 0 bridgehead atoms. The van der Waals surface area contributed by atoms with E-state index in [2.05, 4.69) is 48.4 Å². The van der Waals surface area contributed by atoms with Gasteiger partial charge < -0.3 is 4.74 Å². The van der Waals surface area contributed by atoms with Crippen LogP contribution < -0.4 is 0 Å². The van der Waals surface area contributed by atoms with Crippen LogP contribution in [0, 0.1) is 0 Å². The summed E-state index contributed by atoms with van der Waals surface area (Å²) in [4.78, 5) is 16.4. The highest BCUT2D eigenvalue weighted by molar-refractivity contribution is 5.85. The van der Waals surface area contributed by atoms with Crippen LogP contribution >= 0.6 is 0 Å². The van der Waals surface area contributed by atoms with Crippen LogP contribution in [0.1, 0.15) is 78.6 Å². The third-order valence-corrected chi connectivity index (χ3v) is 4.04. The highest BCUT2D eigenvalue weighted by Crippen LogP contribution is 2.19. The number of carbonyl (C=O) groups excluding carboxylic acids is 1. The van der Waals surface area contributed by atoms with E-state index in [-0.39, 0.29) is 5.54 Å². The van der Waals surface area contributed by atoms with Crippen molar-refractivity contribution in [3.63, 3.8) is 0 Å². The van der Waals surface area contributed by atoms with Gasteiger partial charge in [-0.1, -0.05) is 56.2 Å². The predicted octanol–water partition coefficient (Wildman–Crippen LogP) is 5.96. The van der Waals surface area contributed by atoms with Crippen LogP contribution in [0.25, 0.3) is 0 Å². The third-order valence-electron chi connectivity index (χ3n) is 4.04. The molecule has 1 aliphatic heterocycles. The van der Waals surface area contributed by atoms with Gasteiger partial charge in [0.15, 0.2) is 5.90 Å². The van der Waals surface area contributed by atoms with Crippen LogP contribution in [0.15, 0.2) is 41.4 Å². The van der Waals surface area contributed by atoms with Crippen molar-refractivity contribution >= 4 is 11.7 Å². The number of rotatable bonds is 13. The molecule has 140 valence electrons. The Labute approximate surface area is 153 Å². The summed E-state index contributed by atoms with van der Waals surface area (Å²) in [6.45, 7) is 6.94. The molecule has 0 aromatic rings. The van der Waals surface area contributed by atoms with Crippen molar-refractivity contribution in [1.82, 2.24) is 0 Å². The number of aliphatic imine (C=N–C) groups is 1. The zero-order valence-electron chi connectivity index (χ0n) is 16.3. The Bertz CT molecular complexity index is 498. The third kappa shape index (κ3) is 11.5. The van der Waals surface area contributed by atoms with E-state index in [4.69, 9.17) is 4.74 Å². The van der Waals surface area contributed by atoms with Gasteiger partial charge in [-0.25, -0.2) is 4.99 Å². The Kier molecular flexibility index (Phi) is 10.9.